The first-order chi connectivity index (χ1) is 14.2. The molecule has 4 rings (SSSR count). The van der Waals surface area contributed by atoms with Crippen LogP contribution in [0.4, 0.5) is 23.1 Å². The summed E-state index contributed by atoms with van der Waals surface area (Å²) in [6, 6.07) is 16.9. The number of piperidine rings is 1. The van der Waals surface area contributed by atoms with Crippen molar-refractivity contribution in [3.05, 3.63) is 65.9 Å². The van der Waals surface area contributed by atoms with Crippen molar-refractivity contribution >= 4 is 23.1 Å². The molecule has 0 bridgehead atoms. The second-order valence-corrected chi connectivity index (χ2v) is 7.85. The molecule has 0 spiro atoms. The Hall–Kier alpha value is -3.15. The number of benzene rings is 2. The molecule has 0 radical (unpaired) electrons. The van der Waals surface area contributed by atoms with Crippen molar-refractivity contribution < 1.29 is 0 Å². The van der Waals surface area contributed by atoms with E-state index in [-0.39, 0.29) is 0 Å². The van der Waals surface area contributed by atoms with Gasteiger partial charge in [0.2, 0.25) is 5.95 Å². The van der Waals surface area contributed by atoms with Gasteiger partial charge in [0.25, 0.3) is 0 Å². The van der Waals surface area contributed by atoms with Gasteiger partial charge in [-0.05, 0) is 55.5 Å². The number of nitrogens with zero attached hydrogens (tertiary/aromatic N) is 4. The highest BCUT2D eigenvalue weighted by atomic mass is 15.3. The van der Waals surface area contributed by atoms with Gasteiger partial charge in [0.05, 0.1) is 6.20 Å². The average Bonchev–Trinajstić information content (AvgIpc) is 2.74. The van der Waals surface area contributed by atoms with Gasteiger partial charge in [-0.3, -0.25) is 0 Å². The van der Waals surface area contributed by atoms with E-state index >= 15 is 0 Å². The topological polar surface area (TPSA) is 66.0 Å². The molecule has 0 saturated carbocycles. The number of nitrogens with one attached hydrogen (secondary N) is 2. The standard InChI is InChI=1S/C23H28N6/c1-17-10-12-29(13-11-17)21-8-6-20(7-9-21)26-22-16-25-28-23(27-22)24-15-19-5-3-4-18(2)14-19/h3-9,14,16-17H,10-13,15H2,1-2H3,(H2,24,26,27,28). The van der Waals surface area contributed by atoms with E-state index in [4.69, 9.17) is 0 Å². The zero-order valence-electron chi connectivity index (χ0n) is 17.1. The first kappa shape index (κ1) is 19.2. The largest absolute Gasteiger partial charge is 0.372 e. The molecule has 0 amide bonds. The van der Waals surface area contributed by atoms with Crippen LogP contribution in [-0.4, -0.2) is 28.3 Å². The summed E-state index contributed by atoms with van der Waals surface area (Å²) in [6.07, 6.45) is 4.17. The summed E-state index contributed by atoms with van der Waals surface area (Å²) in [5, 5.41) is 14.7. The molecule has 1 aliphatic rings. The Labute approximate surface area is 172 Å². The highest BCUT2D eigenvalue weighted by Crippen LogP contribution is 2.25. The Morgan fingerprint density at radius 3 is 2.62 bits per heavy atom. The predicted molar refractivity (Wildman–Crippen MR) is 119 cm³/mol. The van der Waals surface area contributed by atoms with E-state index < -0.39 is 0 Å². The molecule has 1 aromatic heterocycles. The normalized spacial score (nSPS) is 14.6. The third kappa shape index (κ3) is 5.22. The van der Waals surface area contributed by atoms with E-state index in [0.29, 0.717) is 18.3 Å². The molecule has 1 saturated heterocycles. The maximum atomic E-state index is 4.52. The second kappa shape index (κ2) is 8.90. The van der Waals surface area contributed by atoms with Crippen LogP contribution in [0.25, 0.3) is 0 Å². The second-order valence-electron chi connectivity index (χ2n) is 7.85. The van der Waals surface area contributed by atoms with E-state index in [0.717, 1.165) is 24.7 Å². The summed E-state index contributed by atoms with van der Waals surface area (Å²) >= 11 is 0. The number of aryl methyl sites for hydroxylation is 1. The van der Waals surface area contributed by atoms with Crippen molar-refractivity contribution in [2.75, 3.05) is 28.6 Å². The summed E-state index contributed by atoms with van der Waals surface area (Å²) in [5.41, 5.74) is 4.70. The van der Waals surface area contributed by atoms with Crippen LogP contribution < -0.4 is 15.5 Å². The molecule has 6 heteroatoms. The minimum absolute atomic E-state index is 0.510. The van der Waals surface area contributed by atoms with Gasteiger partial charge in [0.15, 0.2) is 5.82 Å². The molecule has 6 nitrogen and oxygen atoms in total. The lowest BCUT2D eigenvalue weighted by Crippen LogP contribution is -2.32. The average molecular weight is 389 g/mol. The van der Waals surface area contributed by atoms with E-state index in [1.54, 1.807) is 6.20 Å². The Kier molecular flexibility index (Phi) is 5.89. The fourth-order valence-electron chi connectivity index (χ4n) is 3.61. The van der Waals surface area contributed by atoms with Crippen LogP contribution >= 0.6 is 0 Å². The van der Waals surface area contributed by atoms with Gasteiger partial charge in [-0.25, -0.2) is 0 Å². The van der Waals surface area contributed by atoms with E-state index in [2.05, 4.69) is 93.1 Å². The predicted octanol–water partition coefficient (Wildman–Crippen LogP) is 4.77. The SMILES string of the molecule is Cc1cccc(CNc2nncc(Nc3ccc(N4CCC(C)CC4)cc3)n2)c1. The highest BCUT2D eigenvalue weighted by molar-refractivity contribution is 5.61. The number of rotatable bonds is 6. The minimum atomic E-state index is 0.510. The smallest absolute Gasteiger partial charge is 0.244 e. The number of hydrogen-bond acceptors (Lipinski definition) is 6. The van der Waals surface area contributed by atoms with E-state index in [1.807, 2.05) is 0 Å². The van der Waals surface area contributed by atoms with Gasteiger partial charge in [-0.15, -0.1) is 5.10 Å². The molecule has 1 fully saturated rings. The quantitative estimate of drug-likeness (QED) is 0.634. The first-order valence-corrected chi connectivity index (χ1v) is 10.3. The molecular weight excluding hydrogens is 360 g/mol. The lowest BCUT2D eigenvalue weighted by molar-refractivity contribution is 0.438. The van der Waals surface area contributed by atoms with Crippen LogP contribution in [0.5, 0.6) is 0 Å². The van der Waals surface area contributed by atoms with Gasteiger partial charge in [-0.1, -0.05) is 36.8 Å². The van der Waals surface area contributed by atoms with E-state index in [9.17, 15) is 0 Å². The summed E-state index contributed by atoms with van der Waals surface area (Å²) in [6.45, 7) is 7.36. The van der Waals surface area contributed by atoms with Crippen LogP contribution in [0.1, 0.15) is 30.9 Å². The van der Waals surface area contributed by atoms with Crippen molar-refractivity contribution in [1.29, 1.82) is 0 Å². The van der Waals surface area contributed by atoms with Crippen LogP contribution in [0.3, 0.4) is 0 Å². The zero-order valence-corrected chi connectivity index (χ0v) is 17.1. The lowest BCUT2D eigenvalue weighted by Gasteiger charge is -2.32. The Balaban J connectivity index is 1.36. The van der Waals surface area contributed by atoms with Crippen molar-refractivity contribution in [2.45, 2.75) is 33.2 Å². The maximum Gasteiger partial charge on any atom is 0.244 e. The third-order valence-electron chi connectivity index (χ3n) is 5.38. The van der Waals surface area contributed by atoms with Gasteiger partial charge in [0.1, 0.15) is 0 Å². The van der Waals surface area contributed by atoms with Gasteiger partial charge >= 0.3 is 0 Å². The molecule has 150 valence electrons. The van der Waals surface area contributed by atoms with Gasteiger partial charge < -0.3 is 15.5 Å². The van der Waals surface area contributed by atoms with Crippen LogP contribution in [0, 0.1) is 12.8 Å². The van der Waals surface area contributed by atoms with Crippen molar-refractivity contribution in [3.63, 3.8) is 0 Å². The van der Waals surface area contributed by atoms with Gasteiger partial charge in [-0.2, -0.15) is 10.1 Å². The number of aromatic nitrogens is 3. The fourth-order valence-corrected chi connectivity index (χ4v) is 3.61. The minimum Gasteiger partial charge on any atom is -0.372 e. The number of hydrogen-bond donors (Lipinski definition) is 2. The first-order valence-electron chi connectivity index (χ1n) is 10.3. The molecule has 2 heterocycles. The van der Waals surface area contributed by atoms with Crippen LogP contribution in [-0.2, 0) is 6.54 Å². The van der Waals surface area contributed by atoms with Crippen LogP contribution in [0.15, 0.2) is 54.7 Å². The summed E-state index contributed by atoms with van der Waals surface area (Å²) in [7, 11) is 0. The number of anilines is 4. The van der Waals surface area contributed by atoms with Crippen molar-refractivity contribution in [1.82, 2.24) is 15.2 Å². The highest BCUT2D eigenvalue weighted by Gasteiger charge is 2.15. The molecular formula is C23H28N6. The lowest BCUT2D eigenvalue weighted by atomic mass is 9.99. The summed E-state index contributed by atoms with van der Waals surface area (Å²) in [4.78, 5) is 6.98. The zero-order chi connectivity index (χ0) is 20.1. The summed E-state index contributed by atoms with van der Waals surface area (Å²) in [5.74, 6) is 2.02. The molecule has 0 atom stereocenters. The fraction of sp³-hybridized carbons (Fsp3) is 0.348. The van der Waals surface area contributed by atoms with Crippen molar-refractivity contribution in [3.8, 4) is 0 Å². The Morgan fingerprint density at radius 2 is 1.86 bits per heavy atom. The van der Waals surface area contributed by atoms with Crippen LogP contribution in [0.2, 0.25) is 0 Å². The molecule has 0 unspecified atom stereocenters. The van der Waals surface area contributed by atoms with Gasteiger partial charge in [0, 0.05) is 31.0 Å². The van der Waals surface area contributed by atoms with Crippen molar-refractivity contribution in [2.24, 2.45) is 5.92 Å². The van der Waals surface area contributed by atoms with E-state index in [1.165, 1.54) is 29.7 Å². The molecule has 2 aromatic carbocycles. The molecule has 29 heavy (non-hydrogen) atoms. The summed E-state index contributed by atoms with van der Waals surface area (Å²) < 4.78 is 0. The Morgan fingerprint density at radius 1 is 1.07 bits per heavy atom. The molecule has 0 aliphatic carbocycles. The maximum absolute atomic E-state index is 4.52. The molecule has 1 aliphatic heterocycles. The Bertz CT molecular complexity index is 932. The monoisotopic (exact) mass is 388 g/mol. The molecule has 2 N–H and O–H groups in total. The third-order valence-corrected chi connectivity index (χ3v) is 5.38. The molecule has 3 aromatic rings.